The van der Waals surface area contributed by atoms with Crippen molar-refractivity contribution in [2.45, 2.75) is 32.7 Å². The maximum absolute atomic E-state index is 9.92. The molecule has 3 N–H and O–H groups in total. The lowest BCUT2D eigenvalue weighted by Crippen LogP contribution is -2.29. The van der Waals surface area contributed by atoms with E-state index in [1.807, 2.05) is 17.0 Å². The minimum Gasteiger partial charge on any atom is -0.508 e. The van der Waals surface area contributed by atoms with E-state index >= 15 is 0 Å². The molecule has 0 radical (unpaired) electrons. The Morgan fingerprint density at radius 2 is 1.79 bits per heavy atom. The van der Waals surface area contributed by atoms with Crippen LogP contribution in [0.3, 0.4) is 0 Å². The summed E-state index contributed by atoms with van der Waals surface area (Å²) >= 11 is 0. The van der Waals surface area contributed by atoms with E-state index in [-0.39, 0.29) is 19.0 Å². The molecule has 1 atom stereocenters. The molecule has 0 aliphatic rings. The number of aliphatic hydroxyl groups is 2. The first-order valence-electron chi connectivity index (χ1n) is 6.88. The predicted molar refractivity (Wildman–Crippen MR) is 76.3 cm³/mol. The second kappa shape index (κ2) is 8.15. The van der Waals surface area contributed by atoms with Crippen LogP contribution in [0.1, 0.15) is 37.3 Å². The van der Waals surface area contributed by atoms with Gasteiger partial charge >= 0.3 is 0 Å². The van der Waals surface area contributed by atoms with E-state index in [0.717, 1.165) is 12.0 Å². The Morgan fingerprint density at radius 1 is 1.16 bits per heavy atom. The van der Waals surface area contributed by atoms with E-state index < -0.39 is 0 Å². The number of hydrogen-bond acceptors (Lipinski definition) is 4. The van der Waals surface area contributed by atoms with Crippen LogP contribution in [0.5, 0.6) is 5.75 Å². The highest BCUT2D eigenvalue weighted by Crippen LogP contribution is 2.26. The average Bonchev–Trinajstić information content (AvgIpc) is 2.41. The average molecular weight is 267 g/mol. The zero-order valence-electron chi connectivity index (χ0n) is 11.8. The van der Waals surface area contributed by atoms with Crippen molar-refractivity contribution < 1.29 is 15.3 Å². The largest absolute Gasteiger partial charge is 0.508 e. The molecule has 0 amide bonds. The molecule has 1 aromatic rings. The van der Waals surface area contributed by atoms with E-state index in [2.05, 4.69) is 13.8 Å². The second-order valence-corrected chi connectivity index (χ2v) is 4.92. The van der Waals surface area contributed by atoms with Gasteiger partial charge in [0, 0.05) is 25.2 Å². The lowest BCUT2D eigenvalue weighted by molar-refractivity contribution is 0.155. The summed E-state index contributed by atoms with van der Waals surface area (Å²) in [6, 6.07) is 5.70. The van der Waals surface area contributed by atoms with Crippen molar-refractivity contribution >= 4 is 0 Å². The fourth-order valence-electron chi connectivity index (χ4n) is 2.07. The molecule has 0 aromatic heterocycles. The molecule has 0 unspecified atom stereocenters. The fourth-order valence-corrected chi connectivity index (χ4v) is 2.07. The maximum atomic E-state index is 9.92. The molecule has 4 heteroatoms. The predicted octanol–water partition coefficient (Wildman–Crippen LogP) is 1.69. The summed E-state index contributed by atoms with van der Waals surface area (Å²) in [4.78, 5) is 1.93. The monoisotopic (exact) mass is 267 g/mol. The third-order valence-corrected chi connectivity index (χ3v) is 3.51. The second-order valence-electron chi connectivity index (χ2n) is 4.92. The highest BCUT2D eigenvalue weighted by atomic mass is 16.3. The minimum absolute atomic E-state index is 0.0474. The van der Waals surface area contributed by atoms with E-state index in [9.17, 15) is 5.11 Å². The zero-order valence-corrected chi connectivity index (χ0v) is 11.8. The van der Waals surface area contributed by atoms with Crippen LogP contribution in [0.15, 0.2) is 18.2 Å². The van der Waals surface area contributed by atoms with E-state index in [0.29, 0.717) is 25.6 Å². The Balaban J connectivity index is 2.85. The maximum Gasteiger partial charge on any atom is 0.120 e. The molecule has 0 spiro atoms. The Bertz CT molecular complexity index is 376. The van der Waals surface area contributed by atoms with Crippen molar-refractivity contribution in [1.29, 1.82) is 0 Å². The molecule has 0 aliphatic carbocycles. The smallest absolute Gasteiger partial charge is 0.120 e. The van der Waals surface area contributed by atoms with Crippen LogP contribution in [0.4, 0.5) is 0 Å². The zero-order chi connectivity index (χ0) is 14.3. The number of phenols is 1. The number of nitrogens with zero attached hydrogens (tertiary/aromatic N) is 1. The van der Waals surface area contributed by atoms with Gasteiger partial charge in [0.1, 0.15) is 5.75 Å². The summed E-state index contributed by atoms with van der Waals surface area (Å²) in [5.41, 5.74) is 2.06. The molecule has 0 bridgehead atoms. The molecule has 0 fully saturated rings. The summed E-state index contributed by atoms with van der Waals surface area (Å²) in [7, 11) is 0. The minimum atomic E-state index is 0.0474. The number of phenolic OH excluding ortho intramolecular Hbond substituents is 1. The molecule has 0 saturated heterocycles. The van der Waals surface area contributed by atoms with Gasteiger partial charge in [-0.3, -0.25) is 4.90 Å². The van der Waals surface area contributed by atoms with Crippen molar-refractivity contribution in [3.63, 3.8) is 0 Å². The van der Waals surface area contributed by atoms with Crippen LogP contribution in [0.2, 0.25) is 0 Å². The SMILES string of the molecule is CC[C@@H](C)c1ccc(O)c(CN(CCO)CCO)c1. The summed E-state index contributed by atoms with van der Waals surface area (Å²) in [6.45, 7) is 5.92. The summed E-state index contributed by atoms with van der Waals surface area (Å²) in [6.07, 6.45) is 1.06. The van der Waals surface area contributed by atoms with E-state index in [1.165, 1.54) is 5.56 Å². The third-order valence-electron chi connectivity index (χ3n) is 3.51. The van der Waals surface area contributed by atoms with Crippen molar-refractivity contribution in [1.82, 2.24) is 4.90 Å². The molecule has 0 saturated carbocycles. The molecule has 0 heterocycles. The van der Waals surface area contributed by atoms with Crippen LogP contribution in [-0.4, -0.2) is 46.5 Å². The fraction of sp³-hybridized carbons (Fsp3) is 0.600. The molecule has 19 heavy (non-hydrogen) atoms. The van der Waals surface area contributed by atoms with Gasteiger partial charge in [-0.2, -0.15) is 0 Å². The lowest BCUT2D eigenvalue weighted by Gasteiger charge is -2.21. The highest BCUT2D eigenvalue weighted by molar-refractivity contribution is 5.37. The number of aliphatic hydroxyl groups excluding tert-OH is 2. The molecule has 1 aromatic carbocycles. The number of benzene rings is 1. The van der Waals surface area contributed by atoms with Crippen LogP contribution in [-0.2, 0) is 6.54 Å². The first kappa shape index (κ1) is 16.0. The Hall–Kier alpha value is -1.10. The van der Waals surface area contributed by atoms with Gasteiger partial charge in [0.25, 0.3) is 0 Å². The highest BCUT2D eigenvalue weighted by Gasteiger charge is 2.11. The van der Waals surface area contributed by atoms with Crippen LogP contribution < -0.4 is 0 Å². The molecular formula is C15H25NO3. The Kier molecular flexibility index (Phi) is 6.84. The van der Waals surface area contributed by atoms with E-state index in [1.54, 1.807) is 6.07 Å². The molecular weight excluding hydrogens is 242 g/mol. The molecule has 4 nitrogen and oxygen atoms in total. The summed E-state index contributed by atoms with van der Waals surface area (Å²) in [5.74, 6) is 0.733. The summed E-state index contributed by atoms with van der Waals surface area (Å²) < 4.78 is 0. The normalized spacial score (nSPS) is 12.9. The standard InChI is InChI=1S/C15H25NO3/c1-3-12(2)13-4-5-15(19)14(10-13)11-16(6-8-17)7-9-18/h4-5,10,12,17-19H,3,6-9,11H2,1-2H3/t12-/m1/s1. The van der Waals surface area contributed by atoms with Gasteiger partial charge in [-0.15, -0.1) is 0 Å². The summed E-state index contributed by atoms with van der Waals surface area (Å²) in [5, 5.41) is 27.9. The first-order valence-corrected chi connectivity index (χ1v) is 6.88. The Morgan fingerprint density at radius 3 is 2.32 bits per heavy atom. The van der Waals surface area contributed by atoms with Crippen molar-refractivity contribution in [3.8, 4) is 5.75 Å². The Labute approximate surface area is 115 Å². The molecule has 1 rings (SSSR count). The molecule has 0 aliphatic heterocycles. The van der Waals surface area contributed by atoms with Gasteiger partial charge in [-0.25, -0.2) is 0 Å². The van der Waals surface area contributed by atoms with E-state index in [4.69, 9.17) is 10.2 Å². The van der Waals surface area contributed by atoms with Crippen molar-refractivity contribution in [2.75, 3.05) is 26.3 Å². The van der Waals surface area contributed by atoms with Gasteiger partial charge in [-0.05, 0) is 24.0 Å². The molecule has 108 valence electrons. The quantitative estimate of drug-likeness (QED) is 0.671. The van der Waals surface area contributed by atoms with Crippen LogP contribution in [0.25, 0.3) is 0 Å². The van der Waals surface area contributed by atoms with Crippen LogP contribution in [0, 0.1) is 0 Å². The van der Waals surface area contributed by atoms with Gasteiger partial charge in [-0.1, -0.05) is 26.0 Å². The number of hydrogen-bond donors (Lipinski definition) is 3. The van der Waals surface area contributed by atoms with Gasteiger partial charge in [0.2, 0.25) is 0 Å². The number of rotatable bonds is 8. The van der Waals surface area contributed by atoms with Gasteiger partial charge in [0.15, 0.2) is 0 Å². The topological polar surface area (TPSA) is 63.9 Å². The van der Waals surface area contributed by atoms with Crippen LogP contribution >= 0.6 is 0 Å². The lowest BCUT2D eigenvalue weighted by atomic mass is 9.96. The van der Waals surface area contributed by atoms with Gasteiger partial charge < -0.3 is 15.3 Å². The van der Waals surface area contributed by atoms with Crippen molar-refractivity contribution in [2.24, 2.45) is 0 Å². The first-order chi connectivity index (χ1) is 9.12. The third kappa shape index (κ3) is 4.82. The van der Waals surface area contributed by atoms with Gasteiger partial charge in [0.05, 0.1) is 13.2 Å². The van der Waals surface area contributed by atoms with Crippen molar-refractivity contribution in [3.05, 3.63) is 29.3 Å². The number of aromatic hydroxyl groups is 1.